The van der Waals surface area contributed by atoms with Crippen LogP contribution in [0.5, 0.6) is 0 Å². The second-order valence-corrected chi connectivity index (χ2v) is 5.34. The van der Waals surface area contributed by atoms with E-state index in [0.717, 1.165) is 25.7 Å². The maximum Gasteiger partial charge on any atom is 0.319 e. The van der Waals surface area contributed by atoms with Gasteiger partial charge in [-0.05, 0) is 19.8 Å². The highest BCUT2D eigenvalue weighted by molar-refractivity contribution is 6.06. The molecule has 1 heterocycles. The van der Waals surface area contributed by atoms with Gasteiger partial charge in [0.15, 0.2) is 0 Å². The van der Waals surface area contributed by atoms with Gasteiger partial charge in [0, 0.05) is 6.04 Å². The number of nitrogens with one attached hydrogen (secondary N) is 1. The fourth-order valence-corrected chi connectivity index (χ4v) is 2.95. The van der Waals surface area contributed by atoms with Gasteiger partial charge in [0.05, 0.1) is 25.6 Å². The summed E-state index contributed by atoms with van der Waals surface area (Å²) in [6.45, 7) is 2.01. The second-order valence-electron chi connectivity index (χ2n) is 5.34. The van der Waals surface area contributed by atoms with E-state index in [9.17, 15) is 14.4 Å². The number of esters is 1. The van der Waals surface area contributed by atoms with E-state index in [2.05, 4.69) is 5.32 Å². The summed E-state index contributed by atoms with van der Waals surface area (Å²) in [6.07, 6.45) is 5.28. The SMILES string of the molecule is CCOC(=O)CNC1CC(=O)N(C2CCCCC2)C1=O. The minimum Gasteiger partial charge on any atom is -0.465 e. The number of imide groups is 1. The largest absolute Gasteiger partial charge is 0.465 e. The summed E-state index contributed by atoms with van der Waals surface area (Å²) < 4.78 is 4.80. The van der Waals surface area contributed by atoms with Crippen LogP contribution >= 0.6 is 0 Å². The molecule has 6 heteroatoms. The van der Waals surface area contributed by atoms with Crippen LogP contribution in [0.25, 0.3) is 0 Å². The average Bonchev–Trinajstić information content (AvgIpc) is 2.72. The lowest BCUT2D eigenvalue weighted by molar-refractivity contribution is -0.142. The number of likely N-dealkylation sites (tertiary alicyclic amines) is 1. The van der Waals surface area contributed by atoms with Crippen LogP contribution in [0.3, 0.4) is 0 Å². The third kappa shape index (κ3) is 3.36. The number of carbonyl (C=O) groups is 3. The molecule has 1 atom stereocenters. The van der Waals surface area contributed by atoms with Crippen molar-refractivity contribution in [3.63, 3.8) is 0 Å². The Labute approximate surface area is 118 Å². The molecule has 2 aliphatic rings. The Kier molecular flexibility index (Phi) is 5.11. The molecule has 1 N–H and O–H groups in total. The van der Waals surface area contributed by atoms with Crippen LogP contribution in [0.15, 0.2) is 0 Å². The lowest BCUT2D eigenvalue weighted by atomic mass is 9.94. The van der Waals surface area contributed by atoms with Crippen LogP contribution in [0.2, 0.25) is 0 Å². The van der Waals surface area contributed by atoms with E-state index in [-0.39, 0.29) is 30.8 Å². The highest BCUT2D eigenvalue weighted by Crippen LogP contribution is 2.27. The first-order chi connectivity index (χ1) is 9.63. The van der Waals surface area contributed by atoms with E-state index in [1.54, 1.807) is 6.92 Å². The van der Waals surface area contributed by atoms with Crippen LogP contribution in [0, 0.1) is 0 Å². The van der Waals surface area contributed by atoms with Gasteiger partial charge in [-0.15, -0.1) is 0 Å². The zero-order chi connectivity index (χ0) is 14.5. The van der Waals surface area contributed by atoms with Gasteiger partial charge in [-0.25, -0.2) is 0 Å². The maximum absolute atomic E-state index is 12.3. The van der Waals surface area contributed by atoms with E-state index in [4.69, 9.17) is 4.74 Å². The highest BCUT2D eigenvalue weighted by atomic mass is 16.5. The molecule has 0 aromatic heterocycles. The fourth-order valence-electron chi connectivity index (χ4n) is 2.95. The number of carbonyl (C=O) groups excluding carboxylic acids is 3. The Balaban J connectivity index is 1.89. The molecule has 0 spiro atoms. The molecule has 1 saturated carbocycles. The van der Waals surface area contributed by atoms with Crippen molar-refractivity contribution in [1.29, 1.82) is 0 Å². The van der Waals surface area contributed by atoms with Crippen molar-refractivity contribution in [3.05, 3.63) is 0 Å². The van der Waals surface area contributed by atoms with Gasteiger partial charge < -0.3 is 4.74 Å². The van der Waals surface area contributed by atoms with Gasteiger partial charge in [0.1, 0.15) is 0 Å². The van der Waals surface area contributed by atoms with Gasteiger partial charge in [-0.1, -0.05) is 19.3 Å². The molecule has 1 aliphatic heterocycles. The Bertz CT molecular complexity index is 391. The highest BCUT2D eigenvalue weighted by Gasteiger charge is 2.42. The van der Waals surface area contributed by atoms with Crippen molar-refractivity contribution in [2.24, 2.45) is 0 Å². The summed E-state index contributed by atoms with van der Waals surface area (Å²) in [5.41, 5.74) is 0. The minimum absolute atomic E-state index is 0.0317. The Morgan fingerprint density at radius 2 is 2.00 bits per heavy atom. The van der Waals surface area contributed by atoms with Crippen LogP contribution in [-0.4, -0.2) is 47.9 Å². The first kappa shape index (κ1) is 15.0. The van der Waals surface area contributed by atoms with Crippen molar-refractivity contribution in [2.75, 3.05) is 13.2 Å². The monoisotopic (exact) mass is 282 g/mol. The molecule has 0 bridgehead atoms. The maximum atomic E-state index is 12.3. The van der Waals surface area contributed by atoms with Gasteiger partial charge in [-0.3, -0.25) is 24.6 Å². The lowest BCUT2D eigenvalue weighted by Crippen LogP contribution is -2.45. The fraction of sp³-hybridized carbons (Fsp3) is 0.786. The summed E-state index contributed by atoms with van der Waals surface area (Å²) >= 11 is 0. The summed E-state index contributed by atoms with van der Waals surface area (Å²) in [6, 6.07) is -0.521. The second kappa shape index (κ2) is 6.83. The Morgan fingerprint density at radius 1 is 1.30 bits per heavy atom. The number of ether oxygens (including phenoxy) is 1. The average molecular weight is 282 g/mol. The normalized spacial score (nSPS) is 24.2. The Hall–Kier alpha value is -1.43. The van der Waals surface area contributed by atoms with E-state index in [1.165, 1.54) is 11.3 Å². The van der Waals surface area contributed by atoms with Crippen LogP contribution < -0.4 is 5.32 Å². The van der Waals surface area contributed by atoms with Crippen molar-refractivity contribution in [2.45, 2.75) is 57.5 Å². The summed E-state index contributed by atoms with van der Waals surface area (Å²) in [5, 5.41) is 2.83. The molecule has 1 unspecified atom stereocenters. The van der Waals surface area contributed by atoms with Gasteiger partial charge in [0.25, 0.3) is 0 Å². The van der Waals surface area contributed by atoms with Crippen molar-refractivity contribution >= 4 is 17.8 Å². The first-order valence-corrected chi connectivity index (χ1v) is 7.38. The number of hydrogen-bond acceptors (Lipinski definition) is 5. The number of nitrogens with zero attached hydrogens (tertiary/aromatic N) is 1. The topological polar surface area (TPSA) is 75.7 Å². The molecule has 0 radical (unpaired) electrons. The zero-order valence-electron chi connectivity index (χ0n) is 11.9. The molecule has 0 aromatic rings. The van der Waals surface area contributed by atoms with Crippen LogP contribution in [0.1, 0.15) is 45.4 Å². The molecule has 2 rings (SSSR count). The molecule has 20 heavy (non-hydrogen) atoms. The third-order valence-electron chi connectivity index (χ3n) is 3.92. The van der Waals surface area contributed by atoms with Gasteiger partial charge >= 0.3 is 5.97 Å². The number of amides is 2. The summed E-state index contributed by atoms with van der Waals surface area (Å²) in [7, 11) is 0. The molecule has 2 amide bonds. The molecule has 1 saturated heterocycles. The van der Waals surface area contributed by atoms with Crippen molar-refractivity contribution < 1.29 is 19.1 Å². The summed E-state index contributed by atoms with van der Waals surface area (Å²) in [4.78, 5) is 37.0. The predicted octanol–water partition coefficient (Wildman–Crippen LogP) is 0.599. The lowest BCUT2D eigenvalue weighted by Gasteiger charge is -2.29. The van der Waals surface area contributed by atoms with Crippen molar-refractivity contribution in [1.82, 2.24) is 10.2 Å². The van der Waals surface area contributed by atoms with Gasteiger partial charge in [-0.2, -0.15) is 0 Å². The molecule has 2 fully saturated rings. The van der Waals surface area contributed by atoms with Crippen LogP contribution in [0.4, 0.5) is 0 Å². The van der Waals surface area contributed by atoms with E-state index < -0.39 is 12.0 Å². The smallest absolute Gasteiger partial charge is 0.319 e. The van der Waals surface area contributed by atoms with E-state index in [1.807, 2.05) is 0 Å². The predicted molar refractivity (Wildman–Crippen MR) is 71.8 cm³/mol. The molecular formula is C14H22N2O4. The number of hydrogen-bond donors (Lipinski definition) is 1. The Morgan fingerprint density at radius 3 is 2.65 bits per heavy atom. The minimum atomic E-state index is -0.575. The molecular weight excluding hydrogens is 260 g/mol. The van der Waals surface area contributed by atoms with Crippen LogP contribution in [-0.2, 0) is 19.1 Å². The van der Waals surface area contributed by atoms with Gasteiger partial charge in [0.2, 0.25) is 11.8 Å². The van der Waals surface area contributed by atoms with Crippen molar-refractivity contribution in [3.8, 4) is 0 Å². The zero-order valence-corrected chi connectivity index (χ0v) is 11.9. The summed E-state index contributed by atoms with van der Waals surface area (Å²) in [5.74, 6) is -0.710. The first-order valence-electron chi connectivity index (χ1n) is 7.38. The van der Waals surface area contributed by atoms with E-state index >= 15 is 0 Å². The third-order valence-corrected chi connectivity index (χ3v) is 3.92. The standard InChI is InChI=1S/C14H22N2O4/c1-2-20-13(18)9-15-11-8-12(17)16(14(11)19)10-6-4-3-5-7-10/h10-11,15H,2-9H2,1H3. The number of rotatable bonds is 5. The molecule has 1 aliphatic carbocycles. The quantitative estimate of drug-likeness (QED) is 0.590. The molecule has 6 nitrogen and oxygen atoms in total. The molecule has 0 aromatic carbocycles. The van der Waals surface area contributed by atoms with E-state index in [0.29, 0.717) is 6.61 Å². The molecule has 112 valence electrons.